The standard InChI is InChI=1S/C27H32FN3O3/c28-22-9-11-23(12-10-22)31-20-27(34-26(31)33)13-6-17-30(18-14-27)25(32)24-8-3-2-7-21(24)19-29-15-4-1-5-16-29/h2-3,7-12H,1,4-6,13-20H2/t27-/m1/s1. The van der Waals surface area contributed by atoms with Gasteiger partial charge < -0.3 is 9.64 Å². The van der Waals surface area contributed by atoms with E-state index >= 15 is 0 Å². The topological polar surface area (TPSA) is 53.1 Å². The van der Waals surface area contributed by atoms with Crippen molar-refractivity contribution in [2.24, 2.45) is 0 Å². The molecular formula is C27H32FN3O3. The van der Waals surface area contributed by atoms with E-state index in [4.69, 9.17) is 4.74 Å². The highest BCUT2D eigenvalue weighted by atomic mass is 19.1. The maximum Gasteiger partial charge on any atom is 0.415 e. The molecule has 0 aromatic heterocycles. The molecule has 0 radical (unpaired) electrons. The molecule has 2 aromatic carbocycles. The van der Waals surface area contributed by atoms with Crippen LogP contribution in [0.4, 0.5) is 14.9 Å². The molecule has 3 heterocycles. The highest BCUT2D eigenvalue weighted by Gasteiger charge is 2.46. The third kappa shape index (κ3) is 4.80. The number of nitrogens with zero attached hydrogens (tertiary/aromatic N) is 3. The summed E-state index contributed by atoms with van der Waals surface area (Å²) in [6.07, 6.45) is 5.39. The van der Waals surface area contributed by atoms with Gasteiger partial charge in [0.2, 0.25) is 0 Å². The summed E-state index contributed by atoms with van der Waals surface area (Å²) in [5, 5.41) is 0. The average Bonchev–Trinajstić information content (AvgIpc) is 3.04. The predicted octanol–water partition coefficient (Wildman–Crippen LogP) is 4.83. The second-order valence-electron chi connectivity index (χ2n) is 9.75. The van der Waals surface area contributed by atoms with E-state index in [9.17, 15) is 14.0 Å². The molecule has 34 heavy (non-hydrogen) atoms. The molecule has 0 N–H and O–H groups in total. The molecule has 7 heteroatoms. The third-order valence-corrected chi connectivity index (χ3v) is 7.38. The van der Waals surface area contributed by atoms with E-state index in [1.807, 2.05) is 23.1 Å². The van der Waals surface area contributed by atoms with E-state index in [0.717, 1.165) is 37.2 Å². The van der Waals surface area contributed by atoms with Gasteiger partial charge in [-0.15, -0.1) is 0 Å². The van der Waals surface area contributed by atoms with Crippen molar-refractivity contribution in [3.63, 3.8) is 0 Å². The van der Waals surface area contributed by atoms with Gasteiger partial charge in [0.25, 0.3) is 5.91 Å². The van der Waals surface area contributed by atoms with E-state index in [1.54, 1.807) is 17.0 Å². The summed E-state index contributed by atoms with van der Waals surface area (Å²) in [6.45, 7) is 4.60. The number of hydrogen-bond donors (Lipinski definition) is 0. The van der Waals surface area contributed by atoms with Crippen LogP contribution >= 0.6 is 0 Å². The molecule has 0 bridgehead atoms. The number of halogens is 1. The van der Waals surface area contributed by atoms with Crippen LogP contribution in [0.3, 0.4) is 0 Å². The number of rotatable bonds is 4. The summed E-state index contributed by atoms with van der Waals surface area (Å²) in [5.41, 5.74) is 1.88. The zero-order chi connectivity index (χ0) is 23.5. The number of amides is 2. The summed E-state index contributed by atoms with van der Waals surface area (Å²) in [4.78, 5) is 32.1. The predicted molar refractivity (Wildman–Crippen MR) is 128 cm³/mol. The minimum Gasteiger partial charge on any atom is -0.441 e. The second-order valence-corrected chi connectivity index (χ2v) is 9.75. The highest BCUT2D eigenvalue weighted by molar-refractivity contribution is 5.96. The van der Waals surface area contributed by atoms with Crippen LogP contribution in [-0.4, -0.2) is 60.1 Å². The largest absolute Gasteiger partial charge is 0.441 e. The van der Waals surface area contributed by atoms with Crippen LogP contribution in [0.25, 0.3) is 0 Å². The van der Waals surface area contributed by atoms with Crippen LogP contribution in [-0.2, 0) is 11.3 Å². The Balaban J connectivity index is 1.27. The second kappa shape index (κ2) is 9.74. The summed E-state index contributed by atoms with van der Waals surface area (Å²) in [7, 11) is 0. The zero-order valence-corrected chi connectivity index (χ0v) is 19.5. The fourth-order valence-corrected chi connectivity index (χ4v) is 5.47. The van der Waals surface area contributed by atoms with Crippen molar-refractivity contribution in [2.75, 3.05) is 37.6 Å². The van der Waals surface area contributed by atoms with Crippen molar-refractivity contribution in [1.82, 2.24) is 9.80 Å². The summed E-state index contributed by atoms with van der Waals surface area (Å²) >= 11 is 0. The molecule has 3 fully saturated rings. The molecule has 3 aliphatic heterocycles. The highest BCUT2D eigenvalue weighted by Crippen LogP contribution is 2.36. The first-order chi connectivity index (χ1) is 16.5. The monoisotopic (exact) mass is 465 g/mol. The summed E-state index contributed by atoms with van der Waals surface area (Å²) in [6, 6.07) is 13.9. The van der Waals surface area contributed by atoms with Gasteiger partial charge in [-0.2, -0.15) is 0 Å². The fraction of sp³-hybridized carbons (Fsp3) is 0.481. The third-order valence-electron chi connectivity index (χ3n) is 7.38. The number of ether oxygens (including phenoxy) is 1. The van der Waals surface area contributed by atoms with Crippen LogP contribution in [0.1, 0.15) is 54.4 Å². The van der Waals surface area contributed by atoms with E-state index < -0.39 is 11.7 Å². The maximum atomic E-state index is 13.6. The fourth-order valence-electron chi connectivity index (χ4n) is 5.47. The number of carbonyl (C=O) groups excluding carboxylic acids is 2. The van der Waals surface area contributed by atoms with E-state index in [0.29, 0.717) is 38.2 Å². The molecule has 180 valence electrons. The first-order valence-corrected chi connectivity index (χ1v) is 12.4. The van der Waals surface area contributed by atoms with Crippen molar-refractivity contribution >= 4 is 17.7 Å². The van der Waals surface area contributed by atoms with Crippen LogP contribution in [0.5, 0.6) is 0 Å². The number of hydrogen-bond acceptors (Lipinski definition) is 4. The van der Waals surface area contributed by atoms with Gasteiger partial charge in [-0.1, -0.05) is 24.6 Å². The van der Waals surface area contributed by atoms with Gasteiger partial charge in [0, 0.05) is 37.3 Å². The first-order valence-electron chi connectivity index (χ1n) is 12.4. The number of carbonyl (C=O) groups is 2. The molecular weight excluding hydrogens is 433 g/mol. The molecule has 0 saturated carbocycles. The van der Waals surface area contributed by atoms with Crippen molar-refractivity contribution < 1.29 is 18.7 Å². The lowest BCUT2D eigenvalue weighted by Crippen LogP contribution is -2.38. The van der Waals surface area contributed by atoms with Gasteiger partial charge in [0.1, 0.15) is 11.4 Å². The molecule has 6 nitrogen and oxygen atoms in total. The van der Waals surface area contributed by atoms with Crippen LogP contribution in [0.15, 0.2) is 48.5 Å². The molecule has 1 atom stereocenters. The first kappa shape index (κ1) is 22.8. The SMILES string of the molecule is O=C(c1ccccc1CN1CCCCC1)N1CCC[C@@]2(CC1)CN(c1ccc(F)cc1)C(=O)O2. The number of benzene rings is 2. The minimum atomic E-state index is -0.617. The lowest BCUT2D eigenvalue weighted by Gasteiger charge is -2.28. The molecule has 1 spiro atoms. The van der Waals surface area contributed by atoms with Crippen LogP contribution in [0, 0.1) is 5.82 Å². The van der Waals surface area contributed by atoms with Crippen molar-refractivity contribution in [1.29, 1.82) is 0 Å². The van der Waals surface area contributed by atoms with Crippen molar-refractivity contribution in [2.45, 2.75) is 50.7 Å². The molecule has 5 rings (SSSR count). The Hall–Kier alpha value is -2.93. The Kier molecular flexibility index (Phi) is 6.55. The summed E-state index contributed by atoms with van der Waals surface area (Å²) < 4.78 is 19.2. The normalized spacial score (nSPS) is 23.7. The maximum absolute atomic E-state index is 13.6. The average molecular weight is 466 g/mol. The van der Waals surface area contributed by atoms with Crippen LogP contribution < -0.4 is 4.90 Å². The van der Waals surface area contributed by atoms with Gasteiger partial charge in [-0.05, 0) is 74.7 Å². The zero-order valence-electron chi connectivity index (χ0n) is 19.5. The van der Waals surface area contributed by atoms with E-state index in [1.165, 1.54) is 31.4 Å². The Morgan fingerprint density at radius 3 is 2.47 bits per heavy atom. The van der Waals surface area contributed by atoms with Gasteiger partial charge in [-0.3, -0.25) is 14.6 Å². The Labute approximate surface area is 200 Å². The van der Waals surface area contributed by atoms with Gasteiger partial charge >= 0.3 is 6.09 Å². The molecule has 3 saturated heterocycles. The molecule has 0 aliphatic carbocycles. The quantitative estimate of drug-likeness (QED) is 0.649. The molecule has 0 unspecified atom stereocenters. The number of piperidine rings is 1. The van der Waals surface area contributed by atoms with Gasteiger partial charge in [0.05, 0.1) is 6.54 Å². The smallest absolute Gasteiger partial charge is 0.415 e. The van der Waals surface area contributed by atoms with E-state index in [-0.39, 0.29) is 11.7 Å². The lowest BCUT2D eigenvalue weighted by molar-refractivity contribution is 0.0438. The van der Waals surface area contributed by atoms with Gasteiger partial charge in [0.15, 0.2) is 0 Å². The Morgan fingerprint density at radius 1 is 0.912 bits per heavy atom. The molecule has 2 aromatic rings. The van der Waals surface area contributed by atoms with Crippen LogP contribution in [0.2, 0.25) is 0 Å². The van der Waals surface area contributed by atoms with E-state index in [2.05, 4.69) is 11.0 Å². The number of likely N-dealkylation sites (tertiary alicyclic amines) is 2. The molecule has 3 aliphatic rings. The lowest BCUT2D eigenvalue weighted by atomic mass is 9.95. The Bertz CT molecular complexity index is 1040. The van der Waals surface area contributed by atoms with Gasteiger partial charge in [-0.25, -0.2) is 9.18 Å². The van der Waals surface area contributed by atoms with Crippen molar-refractivity contribution in [3.8, 4) is 0 Å². The van der Waals surface area contributed by atoms with Crippen molar-refractivity contribution in [3.05, 3.63) is 65.5 Å². The summed E-state index contributed by atoms with van der Waals surface area (Å²) in [5.74, 6) is -0.278. The minimum absolute atomic E-state index is 0.0596. The molecule has 2 amide bonds. The Morgan fingerprint density at radius 2 is 1.68 bits per heavy atom. The number of anilines is 1.